The monoisotopic (exact) mass is 276 g/mol. The molecule has 0 saturated heterocycles. The minimum absolute atomic E-state index is 0.0236. The van der Waals surface area contributed by atoms with E-state index in [1.54, 1.807) is 0 Å². The first kappa shape index (κ1) is 15.0. The highest BCUT2D eigenvalue weighted by molar-refractivity contribution is 5.75. The molecule has 0 saturated carbocycles. The van der Waals surface area contributed by atoms with E-state index in [1.165, 1.54) is 17.5 Å². The van der Waals surface area contributed by atoms with Crippen molar-refractivity contribution >= 4 is 5.91 Å². The molecule has 0 spiro atoms. The number of carbonyl (C=O) groups excluding carboxylic acids is 1. The SMILES string of the molecule is NCCC(=O)NCCCOC1CCCc2ccccc21. The summed E-state index contributed by atoms with van der Waals surface area (Å²) < 4.78 is 5.98. The molecular formula is C16H24N2O2. The fourth-order valence-corrected chi connectivity index (χ4v) is 2.63. The van der Waals surface area contributed by atoms with Gasteiger partial charge in [0.25, 0.3) is 0 Å². The van der Waals surface area contributed by atoms with Crippen molar-refractivity contribution in [3.05, 3.63) is 35.4 Å². The predicted octanol–water partition coefficient (Wildman–Crippen LogP) is 1.94. The van der Waals surface area contributed by atoms with Gasteiger partial charge in [0.1, 0.15) is 0 Å². The molecular weight excluding hydrogens is 252 g/mol. The number of aryl methyl sites for hydroxylation is 1. The fraction of sp³-hybridized carbons (Fsp3) is 0.562. The second-order valence-electron chi connectivity index (χ2n) is 5.19. The van der Waals surface area contributed by atoms with Gasteiger partial charge < -0.3 is 15.8 Å². The second kappa shape index (κ2) is 8.02. The molecule has 0 fully saturated rings. The summed E-state index contributed by atoms with van der Waals surface area (Å²) in [7, 11) is 0. The number of ether oxygens (including phenoxy) is 1. The predicted molar refractivity (Wildman–Crippen MR) is 79.4 cm³/mol. The van der Waals surface area contributed by atoms with E-state index < -0.39 is 0 Å². The molecule has 1 aromatic rings. The van der Waals surface area contributed by atoms with Gasteiger partial charge in [0, 0.05) is 26.1 Å². The van der Waals surface area contributed by atoms with Crippen LogP contribution < -0.4 is 11.1 Å². The summed E-state index contributed by atoms with van der Waals surface area (Å²) in [6.45, 7) is 1.75. The van der Waals surface area contributed by atoms with E-state index in [9.17, 15) is 4.79 Å². The molecule has 1 aliphatic rings. The molecule has 110 valence electrons. The van der Waals surface area contributed by atoms with Gasteiger partial charge in [-0.2, -0.15) is 0 Å². The van der Waals surface area contributed by atoms with E-state index in [1.807, 2.05) is 0 Å². The van der Waals surface area contributed by atoms with Gasteiger partial charge in [0.05, 0.1) is 6.10 Å². The molecule has 0 aliphatic heterocycles. The molecule has 4 heteroatoms. The summed E-state index contributed by atoms with van der Waals surface area (Å²) in [5.41, 5.74) is 8.07. The van der Waals surface area contributed by atoms with Crippen LogP contribution in [0.3, 0.4) is 0 Å². The Kier molecular flexibility index (Phi) is 6.02. The number of amides is 1. The lowest BCUT2D eigenvalue weighted by molar-refractivity contribution is -0.120. The average molecular weight is 276 g/mol. The number of fused-ring (bicyclic) bond motifs is 1. The molecule has 4 nitrogen and oxygen atoms in total. The fourth-order valence-electron chi connectivity index (χ4n) is 2.63. The maximum atomic E-state index is 11.2. The normalized spacial score (nSPS) is 17.6. The summed E-state index contributed by atoms with van der Waals surface area (Å²) in [6, 6.07) is 8.53. The Morgan fingerprint density at radius 1 is 1.40 bits per heavy atom. The average Bonchev–Trinajstić information content (AvgIpc) is 2.47. The van der Waals surface area contributed by atoms with Crippen LogP contribution in [0.1, 0.15) is 42.9 Å². The van der Waals surface area contributed by atoms with Gasteiger partial charge in [-0.15, -0.1) is 0 Å². The molecule has 1 amide bonds. The largest absolute Gasteiger partial charge is 0.373 e. The molecule has 0 aromatic heterocycles. The van der Waals surface area contributed by atoms with Gasteiger partial charge in [-0.1, -0.05) is 24.3 Å². The van der Waals surface area contributed by atoms with Crippen LogP contribution in [0.2, 0.25) is 0 Å². The van der Waals surface area contributed by atoms with Crippen molar-refractivity contribution in [1.82, 2.24) is 5.32 Å². The first-order valence-electron chi connectivity index (χ1n) is 7.47. The van der Waals surface area contributed by atoms with Crippen molar-refractivity contribution in [2.45, 2.75) is 38.2 Å². The molecule has 1 aromatic carbocycles. The van der Waals surface area contributed by atoms with Gasteiger partial charge in [0.15, 0.2) is 0 Å². The van der Waals surface area contributed by atoms with Crippen LogP contribution in [0.25, 0.3) is 0 Å². The van der Waals surface area contributed by atoms with Crippen molar-refractivity contribution in [2.75, 3.05) is 19.7 Å². The summed E-state index contributed by atoms with van der Waals surface area (Å²) >= 11 is 0. The first-order valence-corrected chi connectivity index (χ1v) is 7.47. The van der Waals surface area contributed by atoms with Crippen LogP contribution in [-0.2, 0) is 16.0 Å². The minimum atomic E-state index is 0.0236. The molecule has 1 atom stereocenters. The third-order valence-electron chi connectivity index (χ3n) is 3.65. The molecule has 0 heterocycles. The quantitative estimate of drug-likeness (QED) is 0.748. The zero-order chi connectivity index (χ0) is 14.2. The van der Waals surface area contributed by atoms with Crippen LogP contribution >= 0.6 is 0 Å². The zero-order valence-corrected chi connectivity index (χ0v) is 11.9. The maximum absolute atomic E-state index is 11.2. The Labute approximate surface area is 120 Å². The lowest BCUT2D eigenvalue weighted by Gasteiger charge is -2.25. The maximum Gasteiger partial charge on any atom is 0.221 e. The van der Waals surface area contributed by atoms with Gasteiger partial charge >= 0.3 is 0 Å². The highest BCUT2D eigenvalue weighted by Crippen LogP contribution is 2.32. The summed E-state index contributed by atoms with van der Waals surface area (Å²) in [5.74, 6) is 0.0236. The Hall–Kier alpha value is -1.39. The number of benzene rings is 1. The highest BCUT2D eigenvalue weighted by atomic mass is 16.5. The van der Waals surface area contributed by atoms with Gasteiger partial charge in [-0.25, -0.2) is 0 Å². The number of hydrogen-bond acceptors (Lipinski definition) is 3. The van der Waals surface area contributed by atoms with E-state index in [0.717, 1.165) is 19.3 Å². The van der Waals surface area contributed by atoms with Crippen molar-refractivity contribution < 1.29 is 9.53 Å². The molecule has 1 unspecified atom stereocenters. The molecule has 20 heavy (non-hydrogen) atoms. The Bertz CT molecular complexity index is 434. The Morgan fingerprint density at radius 3 is 3.10 bits per heavy atom. The number of rotatable bonds is 7. The van der Waals surface area contributed by atoms with Crippen LogP contribution in [0, 0.1) is 0 Å². The summed E-state index contributed by atoms with van der Waals surface area (Å²) in [5, 5.41) is 2.84. The van der Waals surface area contributed by atoms with E-state index in [-0.39, 0.29) is 12.0 Å². The number of nitrogens with two attached hydrogens (primary N) is 1. The third kappa shape index (κ3) is 4.32. The third-order valence-corrected chi connectivity index (χ3v) is 3.65. The minimum Gasteiger partial charge on any atom is -0.373 e. The van der Waals surface area contributed by atoms with Crippen molar-refractivity contribution in [3.8, 4) is 0 Å². The van der Waals surface area contributed by atoms with E-state index in [0.29, 0.717) is 26.1 Å². The second-order valence-corrected chi connectivity index (χ2v) is 5.19. The number of hydrogen-bond donors (Lipinski definition) is 2. The van der Waals surface area contributed by atoms with E-state index >= 15 is 0 Å². The van der Waals surface area contributed by atoms with Crippen molar-refractivity contribution in [1.29, 1.82) is 0 Å². The molecule has 3 N–H and O–H groups in total. The van der Waals surface area contributed by atoms with Crippen molar-refractivity contribution in [2.24, 2.45) is 5.73 Å². The standard InChI is InChI=1S/C16H24N2O2/c17-10-9-16(19)18-11-4-12-20-15-8-3-6-13-5-1-2-7-14(13)15/h1-2,5,7,15H,3-4,6,8-12,17H2,(H,18,19). The molecule has 0 radical (unpaired) electrons. The lowest BCUT2D eigenvalue weighted by Crippen LogP contribution is -2.27. The molecule has 1 aliphatic carbocycles. The van der Waals surface area contributed by atoms with E-state index in [4.69, 9.17) is 10.5 Å². The van der Waals surface area contributed by atoms with Gasteiger partial charge in [-0.3, -0.25) is 4.79 Å². The van der Waals surface area contributed by atoms with E-state index in [2.05, 4.69) is 29.6 Å². The van der Waals surface area contributed by atoms with Crippen LogP contribution in [-0.4, -0.2) is 25.6 Å². The highest BCUT2D eigenvalue weighted by Gasteiger charge is 2.19. The number of carbonyl (C=O) groups is 1. The number of nitrogens with one attached hydrogen (secondary N) is 1. The Balaban J connectivity index is 1.69. The Morgan fingerprint density at radius 2 is 2.25 bits per heavy atom. The van der Waals surface area contributed by atoms with Crippen LogP contribution in [0.5, 0.6) is 0 Å². The van der Waals surface area contributed by atoms with Crippen LogP contribution in [0.15, 0.2) is 24.3 Å². The first-order chi connectivity index (χ1) is 9.81. The van der Waals surface area contributed by atoms with Crippen LogP contribution in [0.4, 0.5) is 0 Å². The van der Waals surface area contributed by atoms with Gasteiger partial charge in [-0.05, 0) is 36.8 Å². The topological polar surface area (TPSA) is 64.4 Å². The molecule has 0 bridgehead atoms. The van der Waals surface area contributed by atoms with Crippen molar-refractivity contribution in [3.63, 3.8) is 0 Å². The molecule has 2 rings (SSSR count). The summed E-state index contributed by atoms with van der Waals surface area (Å²) in [6.07, 6.45) is 4.90. The summed E-state index contributed by atoms with van der Waals surface area (Å²) in [4.78, 5) is 11.2. The zero-order valence-electron chi connectivity index (χ0n) is 11.9. The lowest BCUT2D eigenvalue weighted by atomic mass is 9.89. The van der Waals surface area contributed by atoms with Gasteiger partial charge in [0.2, 0.25) is 5.91 Å². The smallest absolute Gasteiger partial charge is 0.221 e.